The largest absolute Gasteiger partial charge is 0.299 e. The van der Waals surface area contributed by atoms with Crippen molar-refractivity contribution in [1.29, 1.82) is 0 Å². The average Bonchev–Trinajstić information content (AvgIpc) is 2.09. The third-order valence-corrected chi connectivity index (χ3v) is 3.38. The summed E-state index contributed by atoms with van der Waals surface area (Å²) in [6, 6.07) is 0. The molecule has 0 radical (unpaired) electrons. The van der Waals surface area contributed by atoms with Crippen molar-refractivity contribution in [2.24, 2.45) is 5.41 Å². The molecule has 2 heteroatoms. The summed E-state index contributed by atoms with van der Waals surface area (Å²) in [7, 11) is 0. The maximum Gasteiger partial charge on any atom is 0.155 e. The molecule has 0 bridgehead atoms. The van der Waals surface area contributed by atoms with Crippen LogP contribution in [0, 0.1) is 5.41 Å². The average molecular weight is 178 g/mol. The van der Waals surface area contributed by atoms with Crippen LogP contribution >= 0.6 is 0 Å². The molecule has 1 fully saturated rings. The van der Waals surface area contributed by atoms with Gasteiger partial charge in [-0.1, -0.05) is 5.57 Å². The summed E-state index contributed by atoms with van der Waals surface area (Å²) in [6.45, 7) is 1.99. The lowest BCUT2D eigenvalue weighted by Gasteiger charge is -2.37. The number of fused-ring (bicyclic) bond motifs is 1. The van der Waals surface area contributed by atoms with Gasteiger partial charge in [-0.15, -0.1) is 0 Å². The second-order valence-electron chi connectivity index (χ2n) is 4.24. The molecule has 0 spiro atoms. The van der Waals surface area contributed by atoms with Gasteiger partial charge < -0.3 is 0 Å². The van der Waals surface area contributed by atoms with Gasteiger partial charge in [0.25, 0.3) is 0 Å². The van der Waals surface area contributed by atoms with E-state index in [1.165, 1.54) is 0 Å². The summed E-state index contributed by atoms with van der Waals surface area (Å²) in [5.41, 5.74) is 0.798. The molecule has 0 unspecified atom stereocenters. The van der Waals surface area contributed by atoms with Gasteiger partial charge in [-0.05, 0) is 32.3 Å². The van der Waals surface area contributed by atoms with E-state index >= 15 is 0 Å². The van der Waals surface area contributed by atoms with E-state index in [1.54, 1.807) is 6.08 Å². The Balaban J connectivity index is 2.39. The van der Waals surface area contributed by atoms with Gasteiger partial charge in [0, 0.05) is 18.3 Å². The van der Waals surface area contributed by atoms with Gasteiger partial charge in [0.05, 0.1) is 0 Å². The highest BCUT2D eigenvalue weighted by Crippen LogP contribution is 2.43. The highest BCUT2D eigenvalue weighted by molar-refractivity contribution is 5.97. The number of allylic oxidation sites excluding steroid dienone is 2. The number of hydrogen-bond donors (Lipinski definition) is 0. The van der Waals surface area contributed by atoms with Crippen LogP contribution in [0.2, 0.25) is 0 Å². The molecule has 0 N–H and O–H groups in total. The van der Waals surface area contributed by atoms with Gasteiger partial charge in [0.15, 0.2) is 5.78 Å². The fourth-order valence-corrected chi connectivity index (χ4v) is 2.34. The second kappa shape index (κ2) is 2.79. The van der Waals surface area contributed by atoms with E-state index in [0.29, 0.717) is 18.6 Å². The van der Waals surface area contributed by atoms with Gasteiger partial charge in [0.1, 0.15) is 5.78 Å². The van der Waals surface area contributed by atoms with Crippen LogP contribution < -0.4 is 0 Å². The molecule has 70 valence electrons. The van der Waals surface area contributed by atoms with Crippen LogP contribution in [-0.2, 0) is 9.59 Å². The van der Waals surface area contributed by atoms with Crippen molar-refractivity contribution in [3.63, 3.8) is 0 Å². The van der Waals surface area contributed by atoms with E-state index in [4.69, 9.17) is 0 Å². The molecule has 2 aliphatic rings. The van der Waals surface area contributed by atoms with E-state index in [9.17, 15) is 9.59 Å². The van der Waals surface area contributed by atoms with Crippen LogP contribution in [0.25, 0.3) is 0 Å². The Morgan fingerprint density at radius 2 is 2.00 bits per heavy atom. The van der Waals surface area contributed by atoms with Crippen LogP contribution in [0.15, 0.2) is 11.6 Å². The summed E-state index contributed by atoms with van der Waals surface area (Å²) in [4.78, 5) is 22.9. The molecule has 0 amide bonds. The minimum absolute atomic E-state index is 0.196. The highest BCUT2D eigenvalue weighted by atomic mass is 16.1. The maximum atomic E-state index is 11.7. The minimum atomic E-state index is -0.286. The number of ketones is 2. The first-order valence-electron chi connectivity index (χ1n) is 4.90. The first kappa shape index (κ1) is 8.67. The minimum Gasteiger partial charge on any atom is -0.299 e. The summed E-state index contributed by atoms with van der Waals surface area (Å²) < 4.78 is 0. The highest BCUT2D eigenvalue weighted by Gasteiger charge is 2.41. The Labute approximate surface area is 78.0 Å². The third kappa shape index (κ3) is 1.25. The van der Waals surface area contributed by atoms with E-state index in [1.807, 2.05) is 6.92 Å². The predicted octanol–water partition coefficient (Wildman–Crippen LogP) is 2.04. The topological polar surface area (TPSA) is 34.1 Å². The van der Waals surface area contributed by atoms with Crippen LogP contribution in [0.5, 0.6) is 0 Å². The maximum absolute atomic E-state index is 11.7. The zero-order valence-electron chi connectivity index (χ0n) is 7.93. The van der Waals surface area contributed by atoms with Gasteiger partial charge in [-0.3, -0.25) is 9.59 Å². The predicted molar refractivity (Wildman–Crippen MR) is 49.3 cm³/mol. The number of carbonyl (C=O) groups excluding carboxylic acids is 2. The van der Waals surface area contributed by atoms with Crippen molar-refractivity contribution in [3.8, 4) is 0 Å². The molecular weight excluding hydrogens is 164 g/mol. The van der Waals surface area contributed by atoms with Gasteiger partial charge in [-0.2, -0.15) is 0 Å². The second-order valence-corrected chi connectivity index (χ2v) is 4.24. The van der Waals surface area contributed by atoms with Crippen molar-refractivity contribution in [3.05, 3.63) is 11.6 Å². The zero-order valence-corrected chi connectivity index (χ0v) is 7.93. The first-order valence-corrected chi connectivity index (χ1v) is 4.90. The van der Waals surface area contributed by atoms with E-state index in [0.717, 1.165) is 24.8 Å². The van der Waals surface area contributed by atoms with E-state index < -0.39 is 0 Å². The Morgan fingerprint density at radius 3 is 2.77 bits per heavy atom. The first-order chi connectivity index (χ1) is 6.13. The van der Waals surface area contributed by atoms with Crippen LogP contribution in [0.3, 0.4) is 0 Å². The van der Waals surface area contributed by atoms with Crippen molar-refractivity contribution < 1.29 is 9.59 Å². The van der Waals surface area contributed by atoms with Crippen molar-refractivity contribution in [2.75, 3.05) is 0 Å². The summed E-state index contributed by atoms with van der Waals surface area (Å²) in [6.07, 6.45) is 5.55. The molecule has 1 saturated carbocycles. The lowest BCUT2D eigenvalue weighted by atomic mass is 9.65. The number of carbonyl (C=O) groups is 2. The smallest absolute Gasteiger partial charge is 0.155 e. The summed E-state index contributed by atoms with van der Waals surface area (Å²) in [5, 5.41) is 0. The molecule has 2 rings (SSSR count). The normalized spacial score (nSPS) is 34.1. The molecule has 0 aliphatic heterocycles. The fourth-order valence-electron chi connectivity index (χ4n) is 2.34. The van der Waals surface area contributed by atoms with Crippen molar-refractivity contribution in [1.82, 2.24) is 0 Å². The quantitative estimate of drug-likeness (QED) is 0.568. The molecule has 0 aromatic heterocycles. The summed E-state index contributed by atoms with van der Waals surface area (Å²) in [5.74, 6) is 0.527. The molecular formula is C11H14O2. The molecule has 0 aromatic carbocycles. The van der Waals surface area contributed by atoms with Gasteiger partial charge in [0.2, 0.25) is 0 Å². The van der Waals surface area contributed by atoms with Crippen molar-refractivity contribution in [2.45, 2.75) is 39.0 Å². The van der Waals surface area contributed by atoms with Gasteiger partial charge in [-0.25, -0.2) is 0 Å². The molecule has 1 atom stereocenters. The zero-order chi connectivity index (χ0) is 9.47. The van der Waals surface area contributed by atoms with E-state index in [2.05, 4.69) is 0 Å². The number of hydrogen-bond acceptors (Lipinski definition) is 2. The Kier molecular flexibility index (Phi) is 1.86. The Morgan fingerprint density at radius 1 is 1.23 bits per heavy atom. The monoisotopic (exact) mass is 178 g/mol. The van der Waals surface area contributed by atoms with Crippen LogP contribution in [0.4, 0.5) is 0 Å². The standard InChI is InChI=1S/C11H14O2/c1-11-6-5-9(12)7-8(11)3-2-4-10(11)13/h7H,2-6H2,1H3/t11-/m0/s1. The lowest BCUT2D eigenvalue weighted by molar-refractivity contribution is -0.128. The van der Waals surface area contributed by atoms with Gasteiger partial charge >= 0.3 is 0 Å². The molecule has 0 heterocycles. The summed E-state index contributed by atoms with van der Waals surface area (Å²) >= 11 is 0. The number of Topliss-reactive ketones (excluding diaryl/α,β-unsaturated/α-hetero) is 1. The molecule has 2 nitrogen and oxygen atoms in total. The van der Waals surface area contributed by atoms with Crippen molar-refractivity contribution >= 4 is 11.6 Å². The third-order valence-electron chi connectivity index (χ3n) is 3.38. The Hall–Kier alpha value is -0.920. The van der Waals surface area contributed by atoms with E-state index in [-0.39, 0.29) is 11.2 Å². The Bertz CT molecular complexity index is 301. The van der Waals surface area contributed by atoms with Crippen LogP contribution in [-0.4, -0.2) is 11.6 Å². The molecule has 0 saturated heterocycles. The molecule has 0 aromatic rings. The fraction of sp³-hybridized carbons (Fsp3) is 0.636. The lowest BCUT2D eigenvalue weighted by Crippen LogP contribution is -2.36. The van der Waals surface area contributed by atoms with Crippen LogP contribution in [0.1, 0.15) is 39.0 Å². The molecule has 13 heavy (non-hydrogen) atoms. The molecule has 2 aliphatic carbocycles. The SMILES string of the molecule is C[C@]12CCC(=O)C=C1CCCC2=O. The number of rotatable bonds is 0.